The Balaban J connectivity index is 1.78. The summed E-state index contributed by atoms with van der Waals surface area (Å²) in [5.41, 5.74) is 3.93. The van der Waals surface area contributed by atoms with Gasteiger partial charge in [0.1, 0.15) is 0 Å². The predicted molar refractivity (Wildman–Crippen MR) is 95.6 cm³/mol. The lowest BCUT2D eigenvalue weighted by molar-refractivity contribution is -0.142. The Hall–Kier alpha value is -2.88. The van der Waals surface area contributed by atoms with Crippen LogP contribution in [0.25, 0.3) is 6.08 Å². The molecule has 4 nitrogen and oxygen atoms in total. The van der Waals surface area contributed by atoms with Crippen LogP contribution in [0.4, 0.5) is 5.69 Å². The van der Waals surface area contributed by atoms with E-state index >= 15 is 0 Å². The molecule has 1 N–H and O–H groups in total. The van der Waals surface area contributed by atoms with Gasteiger partial charge in [-0.05, 0) is 42.7 Å². The van der Waals surface area contributed by atoms with Crippen LogP contribution in [0.15, 0.2) is 54.6 Å². The van der Waals surface area contributed by atoms with E-state index in [0.717, 1.165) is 17.5 Å². The van der Waals surface area contributed by atoms with E-state index < -0.39 is 5.97 Å². The molecule has 0 radical (unpaired) electrons. The molecule has 2 rings (SSSR count). The molecule has 2 aromatic rings. The number of hydrogen-bond acceptors (Lipinski definition) is 3. The number of ether oxygens (including phenoxy) is 1. The lowest BCUT2D eigenvalue weighted by Gasteiger charge is -2.06. The van der Waals surface area contributed by atoms with Gasteiger partial charge in [0.25, 0.3) is 5.91 Å². The first-order chi connectivity index (χ1) is 11.6. The van der Waals surface area contributed by atoms with Crippen LogP contribution < -0.4 is 5.32 Å². The topological polar surface area (TPSA) is 55.4 Å². The largest absolute Gasteiger partial charge is 0.452 e. The van der Waals surface area contributed by atoms with E-state index in [0.29, 0.717) is 5.69 Å². The van der Waals surface area contributed by atoms with Crippen molar-refractivity contribution < 1.29 is 14.3 Å². The van der Waals surface area contributed by atoms with Crippen LogP contribution in [-0.2, 0) is 20.7 Å². The van der Waals surface area contributed by atoms with Crippen molar-refractivity contribution in [3.05, 3.63) is 71.3 Å². The predicted octanol–water partition coefficient (Wildman–Crippen LogP) is 3.75. The second kappa shape index (κ2) is 8.67. The minimum absolute atomic E-state index is 0.313. The number of benzene rings is 2. The Labute approximate surface area is 142 Å². The summed E-state index contributed by atoms with van der Waals surface area (Å²) in [5, 5.41) is 2.69. The first-order valence-electron chi connectivity index (χ1n) is 7.87. The lowest BCUT2D eigenvalue weighted by atomic mass is 10.1. The van der Waals surface area contributed by atoms with Crippen molar-refractivity contribution in [1.82, 2.24) is 0 Å². The molecular weight excluding hydrogens is 302 g/mol. The van der Waals surface area contributed by atoms with Gasteiger partial charge >= 0.3 is 5.97 Å². The number of anilines is 1. The van der Waals surface area contributed by atoms with E-state index in [1.807, 2.05) is 55.5 Å². The molecule has 0 atom stereocenters. The van der Waals surface area contributed by atoms with E-state index in [1.165, 1.54) is 11.6 Å². The van der Waals surface area contributed by atoms with Crippen molar-refractivity contribution in [1.29, 1.82) is 0 Å². The van der Waals surface area contributed by atoms with Crippen LogP contribution in [0.3, 0.4) is 0 Å². The summed E-state index contributed by atoms with van der Waals surface area (Å²) in [5.74, 6) is -0.914. The number of hydrogen-bond donors (Lipinski definition) is 1. The molecule has 0 aromatic heterocycles. The highest BCUT2D eigenvalue weighted by molar-refractivity contribution is 5.94. The average Bonchev–Trinajstić information content (AvgIpc) is 2.60. The molecule has 0 fully saturated rings. The summed E-state index contributed by atoms with van der Waals surface area (Å²) >= 11 is 0. The highest BCUT2D eigenvalue weighted by atomic mass is 16.5. The van der Waals surface area contributed by atoms with Gasteiger partial charge in [-0.2, -0.15) is 0 Å². The molecule has 0 bridgehead atoms. The highest BCUT2D eigenvalue weighted by Gasteiger charge is 2.05. The number of carbonyl (C=O) groups excluding carboxylic acids is 2. The molecule has 124 valence electrons. The van der Waals surface area contributed by atoms with E-state index in [-0.39, 0.29) is 12.5 Å². The summed E-state index contributed by atoms with van der Waals surface area (Å²) < 4.78 is 4.93. The van der Waals surface area contributed by atoms with Gasteiger partial charge in [0, 0.05) is 11.8 Å². The third-order valence-electron chi connectivity index (χ3n) is 3.48. The fourth-order valence-electron chi connectivity index (χ4n) is 2.05. The third kappa shape index (κ3) is 5.72. The van der Waals surface area contributed by atoms with Crippen molar-refractivity contribution in [2.45, 2.75) is 20.3 Å². The fraction of sp³-hybridized carbons (Fsp3) is 0.200. The molecule has 0 aliphatic rings. The molecule has 0 saturated carbocycles. The van der Waals surface area contributed by atoms with E-state index in [4.69, 9.17) is 4.74 Å². The first-order valence-corrected chi connectivity index (χ1v) is 7.87. The Morgan fingerprint density at radius 1 is 1.04 bits per heavy atom. The zero-order valence-corrected chi connectivity index (χ0v) is 13.9. The fourth-order valence-corrected chi connectivity index (χ4v) is 2.05. The summed E-state index contributed by atoms with van der Waals surface area (Å²) in [4.78, 5) is 23.4. The molecular formula is C20H21NO3. The quantitative estimate of drug-likeness (QED) is 0.650. The van der Waals surface area contributed by atoms with Crippen molar-refractivity contribution in [2.24, 2.45) is 0 Å². The zero-order chi connectivity index (χ0) is 17.4. The number of nitrogens with one attached hydrogen (secondary N) is 1. The molecule has 1 amide bonds. The Morgan fingerprint density at radius 2 is 1.71 bits per heavy atom. The van der Waals surface area contributed by atoms with Gasteiger partial charge in [-0.15, -0.1) is 0 Å². The van der Waals surface area contributed by atoms with Crippen molar-refractivity contribution in [3.63, 3.8) is 0 Å². The number of rotatable bonds is 6. The van der Waals surface area contributed by atoms with Crippen LogP contribution >= 0.6 is 0 Å². The van der Waals surface area contributed by atoms with Gasteiger partial charge in [-0.3, -0.25) is 4.79 Å². The minimum Gasteiger partial charge on any atom is -0.452 e. The first kappa shape index (κ1) is 17.5. The van der Waals surface area contributed by atoms with Gasteiger partial charge in [0.05, 0.1) is 0 Å². The SMILES string of the molecule is CCc1ccc(NC(=O)COC(=O)/C=C/c2ccc(C)cc2)cc1. The van der Waals surface area contributed by atoms with Crippen molar-refractivity contribution in [2.75, 3.05) is 11.9 Å². The van der Waals surface area contributed by atoms with Crippen LogP contribution in [0.1, 0.15) is 23.6 Å². The van der Waals surface area contributed by atoms with Gasteiger partial charge in [-0.1, -0.05) is 48.9 Å². The third-order valence-corrected chi connectivity index (χ3v) is 3.48. The maximum Gasteiger partial charge on any atom is 0.331 e. The van der Waals surface area contributed by atoms with Gasteiger partial charge < -0.3 is 10.1 Å². The molecule has 24 heavy (non-hydrogen) atoms. The monoisotopic (exact) mass is 323 g/mol. The number of carbonyl (C=O) groups is 2. The molecule has 2 aromatic carbocycles. The molecule has 0 saturated heterocycles. The number of amides is 1. The zero-order valence-electron chi connectivity index (χ0n) is 13.9. The molecule has 4 heteroatoms. The number of aryl methyl sites for hydroxylation is 2. The molecule has 0 heterocycles. The van der Waals surface area contributed by atoms with Crippen molar-refractivity contribution in [3.8, 4) is 0 Å². The van der Waals surface area contributed by atoms with Crippen LogP contribution in [0.5, 0.6) is 0 Å². The molecule has 0 spiro atoms. The lowest BCUT2D eigenvalue weighted by Crippen LogP contribution is -2.20. The Morgan fingerprint density at radius 3 is 2.33 bits per heavy atom. The summed E-state index contributed by atoms with van der Waals surface area (Å²) in [6.45, 7) is 3.75. The maximum atomic E-state index is 11.8. The maximum absolute atomic E-state index is 11.8. The Bertz CT molecular complexity index is 716. The standard InChI is InChI=1S/C20H21NO3/c1-3-16-8-11-18(12-9-16)21-19(22)14-24-20(23)13-10-17-6-4-15(2)5-7-17/h4-13H,3,14H2,1-2H3,(H,21,22)/b13-10+. The van der Waals surface area contributed by atoms with Crippen LogP contribution in [0.2, 0.25) is 0 Å². The van der Waals surface area contributed by atoms with Gasteiger partial charge in [0.15, 0.2) is 6.61 Å². The van der Waals surface area contributed by atoms with E-state index in [9.17, 15) is 9.59 Å². The summed E-state index contributed by atoms with van der Waals surface area (Å²) in [7, 11) is 0. The molecule has 0 aliphatic carbocycles. The summed E-state index contributed by atoms with van der Waals surface area (Å²) in [6, 6.07) is 15.3. The van der Waals surface area contributed by atoms with Crippen LogP contribution in [0, 0.1) is 6.92 Å². The normalized spacial score (nSPS) is 10.6. The average molecular weight is 323 g/mol. The second-order valence-corrected chi connectivity index (χ2v) is 5.45. The summed E-state index contributed by atoms with van der Waals surface area (Å²) in [6.07, 6.45) is 3.91. The minimum atomic E-state index is -0.549. The van der Waals surface area contributed by atoms with E-state index in [1.54, 1.807) is 6.08 Å². The smallest absolute Gasteiger partial charge is 0.331 e. The van der Waals surface area contributed by atoms with Crippen LogP contribution in [-0.4, -0.2) is 18.5 Å². The second-order valence-electron chi connectivity index (χ2n) is 5.45. The molecule has 0 aliphatic heterocycles. The van der Waals surface area contributed by atoms with E-state index in [2.05, 4.69) is 12.2 Å². The highest BCUT2D eigenvalue weighted by Crippen LogP contribution is 2.10. The van der Waals surface area contributed by atoms with Crippen molar-refractivity contribution >= 4 is 23.6 Å². The van der Waals surface area contributed by atoms with Gasteiger partial charge in [0.2, 0.25) is 0 Å². The molecule has 0 unspecified atom stereocenters. The Kier molecular flexibility index (Phi) is 6.32. The van der Waals surface area contributed by atoms with Gasteiger partial charge in [-0.25, -0.2) is 4.79 Å². The number of esters is 1.